The van der Waals surface area contributed by atoms with Crippen LogP contribution in [0.4, 0.5) is 8.78 Å². The van der Waals surface area contributed by atoms with Gasteiger partial charge in [0.25, 0.3) is 0 Å². The van der Waals surface area contributed by atoms with E-state index in [1.54, 1.807) is 6.07 Å². The second kappa shape index (κ2) is 4.96. The van der Waals surface area contributed by atoms with Crippen molar-refractivity contribution in [2.75, 3.05) is 6.54 Å². The summed E-state index contributed by atoms with van der Waals surface area (Å²) < 4.78 is 26.4. The van der Waals surface area contributed by atoms with Gasteiger partial charge in [-0.1, -0.05) is 6.07 Å². The van der Waals surface area contributed by atoms with E-state index in [0.717, 1.165) is 25.1 Å². The molecule has 0 aliphatic heterocycles. The number of rotatable bonds is 5. The first kappa shape index (κ1) is 12.1. The Morgan fingerprint density at radius 3 is 2.44 bits per heavy atom. The van der Waals surface area contributed by atoms with Gasteiger partial charge in [0.1, 0.15) is 11.6 Å². The zero-order chi connectivity index (χ0) is 12.5. The Bertz CT molecular complexity index is 429. The Kier molecular flexibility index (Phi) is 3.33. The van der Waals surface area contributed by atoms with Gasteiger partial charge in [-0.2, -0.15) is 0 Å². The fraction of sp³-hybridized carbons (Fsp3) is 0.600. The van der Waals surface area contributed by atoms with Crippen molar-refractivity contribution >= 4 is 0 Å². The molecule has 1 aromatic carbocycles. The normalized spacial score (nSPS) is 27.0. The van der Waals surface area contributed by atoms with Gasteiger partial charge in [0, 0.05) is 12.1 Å². The molecule has 2 aliphatic rings. The molecular weight excluding hydrogens is 232 g/mol. The molecule has 0 radical (unpaired) electrons. The van der Waals surface area contributed by atoms with E-state index in [4.69, 9.17) is 0 Å². The molecule has 0 amide bonds. The lowest BCUT2D eigenvalue weighted by Crippen LogP contribution is -2.37. The zero-order valence-corrected chi connectivity index (χ0v) is 10.5. The number of hydrogen-bond donors (Lipinski definition) is 1. The van der Waals surface area contributed by atoms with Crippen LogP contribution in [-0.4, -0.2) is 12.6 Å². The molecule has 0 spiro atoms. The summed E-state index contributed by atoms with van der Waals surface area (Å²) in [6.45, 7) is 1.07. The summed E-state index contributed by atoms with van der Waals surface area (Å²) >= 11 is 0. The molecule has 2 fully saturated rings. The molecule has 2 saturated carbocycles. The van der Waals surface area contributed by atoms with Crippen LogP contribution in [-0.2, 0) is 6.42 Å². The summed E-state index contributed by atoms with van der Waals surface area (Å²) in [6, 6.07) is 4.68. The van der Waals surface area contributed by atoms with Crippen LogP contribution in [0.3, 0.4) is 0 Å². The fourth-order valence-corrected chi connectivity index (χ4v) is 2.75. The lowest BCUT2D eigenvalue weighted by Gasteiger charge is -2.37. The molecule has 0 bridgehead atoms. The van der Waals surface area contributed by atoms with Gasteiger partial charge in [0.2, 0.25) is 0 Å². The van der Waals surface area contributed by atoms with Gasteiger partial charge in [-0.3, -0.25) is 0 Å². The Morgan fingerprint density at radius 1 is 1.06 bits per heavy atom. The highest BCUT2D eigenvalue weighted by Crippen LogP contribution is 2.37. The molecule has 1 nitrogen and oxygen atoms in total. The van der Waals surface area contributed by atoms with Gasteiger partial charge in [-0.15, -0.1) is 0 Å². The van der Waals surface area contributed by atoms with Gasteiger partial charge in [0.05, 0.1) is 0 Å². The average Bonchev–Trinajstić information content (AvgIpc) is 3.10. The number of benzene rings is 1. The standard InChI is InChI=1S/C15H19F2N/c16-13-4-3-11(15(17)8-13)7-10-1-2-12(10)9-18-14-5-6-14/h3-4,8,10,12,14,18H,1-2,5-7,9H2. The monoisotopic (exact) mass is 251 g/mol. The maximum Gasteiger partial charge on any atom is 0.129 e. The van der Waals surface area contributed by atoms with Crippen molar-refractivity contribution in [1.82, 2.24) is 5.32 Å². The molecule has 1 N–H and O–H groups in total. The number of hydrogen-bond acceptors (Lipinski definition) is 1. The molecule has 3 rings (SSSR count). The van der Waals surface area contributed by atoms with E-state index in [9.17, 15) is 8.78 Å². The number of nitrogens with one attached hydrogen (secondary N) is 1. The van der Waals surface area contributed by atoms with Crippen LogP contribution in [0.5, 0.6) is 0 Å². The van der Waals surface area contributed by atoms with Crippen LogP contribution in [0.25, 0.3) is 0 Å². The molecule has 0 heterocycles. The van der Waals surface area contributed by atoms with E-state index >= 15 is 0 Å². The summed E-state index contributed by atoms with van der Waals surface area (Å²) in [5.41, 5.74) is 0.664. The quantitative estimate of drug-likeness (QED) is 0.846. The largest absolute Gasteiger partial charge is 0.314 e. The van der Waals surface area contributed by atoms with Gasteiger partial charge in [0.15, 0.2) is 0 Å². The predicted molar refractivity (Wildman–Crippen MR) is 67.3 cm³/mol. The van der Waals surface area contributed by atoms with Crippen LogP contribution in [0.1, 0.15) is 31.2 Å². The summed E-state index contributed by atoms with van der Waals surface area (Å²) in [6.07, 6.45) is 5.79. The summed E-state index contributed by atoms with van der Waals surface area (Å²) in [7, 11) is 0. The first-order valence-corrected chi connectivity index (χ1v) is 6.89. The Hall–Kier alpha value is -0.960. The molecule has 1 aromatic rings. The average molecular weight is 251 g/mol. The molecule has 2 unspecified atom stereocenters. The van der Waals surface area contributed by atoms with E-state index < -0.39 is 11.6 Å². The van der Waals surface area contributed by atoms with E-state index in [1.165, 1.54) is 31.7 Å². The van der Waals surface area contributed by atoms with Gasteiger partial charge >= 0.3 is 0 Å². The third-order valence-corrected chi connectivity index (χ3v) is 4.32. The van der Waals surface area contributed by atoms with Crippen molar-refractivity contribution in [3.8, 4) is 0 Å². The fourth-order valence-electron chi connectivity index (χ4n) is 2.75. The van der Waals surface area contributed by atoms with Crippen LogP contribution in [0.2, 0.25) is 0 Å². The Balaban J connectivity index is 1.54. The van der Waals surface area contributed by atoms with Crippen molar-refractivity contribution in [2.45, 2.75) is 38.1 Å². The highest BCUT2D eigenvalue weighted by atomic mass is 19.1. The molecule has 98 valence electrons. The van der Waals surface area contributed by atoms with Crippen molar-refractivity contribution in [3.63, 3.8) is 0 Å². The molecular formula is C15H19F2N. The molecule has 3 heteroatoms. The van der Waals surface area contributed by atoms with Crippen LogP contribution in [0, 0.1) is 23.5 Å². The molecule has 2 atom stereocenters. The predicted octanol–water partition coefficient (Wildman–Crippen LogP) is 3.29. The number of halogens is 2. The molecule has 0 aromatic heterocycles. The summed E-state index contributed by atoms with van der Waals surface area (Å²) in [5.74, 6) is 0.360. The molecule has 18 heavy (non-hydrogen) atoms. The first-order chi connectivity index (χ1) is 8.72. The highest BCUT2D eigenvalue weighted by molar-refractivity contribution is 5.19. The van der Waals surface area contributed by atoms with Crippen LogP contribution < -0.4 is 5.32 Å². The SMILES string of the molecule is Fc1ccc(CC2CCC2CNC2CC2)c(F)c1. The third kappa shape index (κ3) is 2.72. The Labute approximate surface area is 107 Å². The highest BCUT2D eigenvalue weighted by Gasteiger charge is 2.32. The second-order valence-corrected chi connectivity index (χ2v) is 5.72. The lowest BCUT2D eigenvalue weighted by atomic mass is 9.70. The van der Waals surface area contributed by atoms with E-state index in [2.05, 4.69) is 5.32 Å². The summed E-state index contributed by atoms with van der Waals surface area (Å²) in [4.78, 5) is 0. The van der Waals surface area contributed by atoms with E-state index in [0.29, 0.717) is 17.4 Å². The van der Waals surface area contributed by atoms with Gasteiger partial charge < -0.3 is 5.32 Å². The smallest absolute Gasteiger partial charge is 0.129 e. The van der Waals surface area contributed by atoms with E-state index in [1.807, 2.05) is 0 Å². The van der Waals surface area contributed by atoms with Crippen molar-refractivity contribution < 1.29 is 8.78 Å². The third-order valence-electron chi connectivity index (χ3n) is 4.32. The lowest BCUT2D eigenvalue weighted by molar-refractivity contribution is 0.169. The van der Waals surface area contributed by atoms with Crippen LogP contribution >= 0.6 is 0 Å². The second-order valence-electron chi connectivity index (χ2n) is 5.72. The minimum Gasteiger partial charge on any atom is -0.314 e. The van der Waals surface area contributed by atoms with Crippen molar-refractivity contribution in [2.24, 2.45) is 11.8 Å². The zero-order valence-electron chi connectivity index (χ0n) is 10.5. The summed E-state index contributed by atoms with van der Waals surface area (Å²) in [5, 5.41) is 3.54. The minimum atomic E-state index is -0.489. The van der Waals surface area contributed by atoms with Crippen LogP contribution in [0.15, 0.2) is 18.2 Å². The Morgan fingerprint density at radius 2 is 1.83 bits per heavy atom. The maximum absolute atomic E-state index is 13.6. The van der Waals surface area contributed by atoms with E-state index in [-0.39, 0.29) is 0 Å². The first-order valence-electron chi connectivity index (χ1n) is 6.89. The van der Waals surface area contributed by atoms with Crippen molar-refractivity contribution in [3.05, 3.63) is 35.4 Å². The van der Waals surface area contributed by atoms with Crippen molar-refractivity contribution in [1.29, 1.82) is 0 Å². The van der Waals surface area contributed by atoms with Gasteiger partial charge in [-0.25, -0.2) is 8.78 Å². The maximum atomic E-state index is 13.6. The minimum absolute atomic E-state index is 0.393. The molecule has 2 aliphatic carbocycles. The molecule has 0 saturated heterocycles. The van der Waals surface area contributed by atoms with Gasteiger partial charge in [-0.05, 0) is 62.1 Å². The topological polar surface area (TPSA) is 12.0 Å².